The van der Waals surface area contributed by atoms with Crippen molar-refractivity contribution in [2.24, 2.45) is 15.9 Å². The molecule has 0 radical (unpaired) electrons. The van der Waals surface area contributed by atoms with Crippen LogP contribution in [-0.4, -0.2) is 22.1 Å². The number of hydrogen-bond donors (Lipinski definition) is 2. The van der Waals surface area contributed by atoms with Crippen LogP contribution >= 0.6 is 0 Å². The third-order valence-corrected chi connectivity index (χ3v) is 6.69. The molecule has 0 spiro atoms. The Morgan fingerprint density at radius 3 is 2.79 bits per heavy atom. The van der Waals surface area contributed by atoms with E-state index in [1.807, 2.05) is 31.2 Å². The summed E-state index contributed by atoms with van der Waals surface area (Å²) in [5.41, 5.74) is 4.29. The van der Waals surface area contributed by atoms with Crippen molar-refractivity contribution in [3.05, 3.63) is 65.7 Å². The predicted molar refractivity (Wildman–Crippen MR) is 112 cm³/mol. The number of hydrazone groups is 1. The fourth-order valence-electron chi connectivity index (χ4n) is 4.40. The zero-order chi connectivity index (χ0) is 20.6. The molecule has 2 N–H and O–H groups in total. The summed E-state index contributed by atoms with van der Waals surface area (Å²) in [6, 6.07) is 14.0. The van der Waals surface area contributed by atoms with Crippen molar-refractivity contribution in [2.75, 3.05) is 0 Å². The normalized spacial score (nSPS) is 23.7. The molecule has 1 saturated carbocycles. The first-order chi connectivity index (χ1) is 13.8. The number of hydrogen-bond acceptors (Lipinski definition) is 3. The Kier molecular flexibility index (Phi) is 4.73. The fraction of sp³-hybridized carbons (Fsp3) is 0.348. The Morgan fingerprint density at radius 1 is 1.24 bits per heavy atom. The lowest BCUT2D eigenvalue weighted by atomic mass is 9.65. The van der Waals surface area contributed by atoms with E-state index >= 15 is 0 Å². The van der Waals surface area contributed by atoms with Crippen molar-refractivity contribution < 1.29 is 9.18 Å². The molecule has 1 fully saturated rings. The van der Waals surface area contributed by atoms with E-state index in [0.717, 1.165) is 29.7 Å². The number of carbonyl (C=O) groups excluding carboxylic acids is 1. The van der Waals surface area contributed by atoms with Gasteiger partial charge in [0.1, 0.15) is 11.6 Å². The zero-order valence-electron chi connectivity index (χ0n) is 16.9. The third kappa shape index (κ3) is 3.33. The number of rotatable bonds is 4. The highest BCUT2D eigenvalue weighted by molar-refractivity contribution is 5.86. The molecule has 0 bridgehead atoms. The van der Waals surface area contributed by atoms with Gasteiger partial charge in [0.2, 0.25) is 5.91 Å². The lowest BCUT2D eigenvalue weighted by Crippen LogP contribution is -2.45. The molecule has 1 aliphatic carbocycles. The van der Waals surface area contributed by atoms with Gasteiger partial charge in [-0.25, -0.2) is 14.8 Å². The summed E-state index contributed by atoms with van der Waals surface area (Å²) in [6.07, 6.45) is 3.07. The molecule has 1 heterocycles. The van der Waals surface area contributed by atoms with E-state index in [2.05, 4.69) is 29.4 Å². The highest BCUT2D eigenvalue weighted by atomic mass is 19.1. The lowest BCUT2D eigenvalue weighted by Gasteiger charge is -2.39. The van der Waals surface area contributed by atoms with Crippen LogP contribution in [0.3, 0.4) is 0 Å². The summed E-state index contributed by atoms with van der Waals surface area (Å²) in [4.78, 5) is 21.3. The Hall–Kier alpha value is -3.02. The summed E-state index contributed by atoms with van der Waals surface area (Å²) < 4.78 is 13.3. The van der Waals surface area contributed by atoms with Crippen LogP contribution in [0.2, 0.25) is 0 Å². The first-order valence-electron chi connectivity index (χ1n) is 9.85. The van der Waals surface area contributed by atoms with Crippen LogP contribution in [0.15, 0.2) is 53.6 Å². The number of aromatic nitrogens is 2. The van der Waals surface area contributed by atoms with E-state index in [0.29, 0.717) is 5.56 Å². The average Bonchev–Trinajstić information content (AvgIpc) is 3.20. The smallest absolute Gasteiger partial charge is 0.246 e. The Balaban J connectivity index is 1.53. The molecule has 29 heavy (non-hydrogen) atoms. The van der Waals surface area contributed by atoms with Gasteiger partial charge >= 0.3 is 0 Å². The monoisotopic (exact) mass is 392 g/mol. The Bertz CT molecular complexity index is 1050. The van der Waals surface area contributed by atoms with Crippen molar-refractivity contribution >= 4 is 23.2 Å². The Morgan fingerprint density at radius 2 is 2.03 bits per heavy atom. The second-order valence-electron chi connectivity index (χ2n) is 8.54. The van der Waals surface area contributed by atoms with Gasteiger partial charge in [0.05, 0.1) is 22.7 Å². The van der Waals surface area contributed by atoms with Gasteiger partial charge in [-0.15, -0.1) is 0 Å². The van der Waals surface area contributed by atoms with Crippen LogP contribution in [0.25, 0.3) is 11.0 Å². The number of carbonyl (C=O) groups is 1. The Labute approximate surface area is 169 Å². The number of benzene rings is 2. The van der Waals surface area contributed by atoms with E-state index < -0.39 is 5.41 Å². The van der Waals surface area contributed by atoms with Gasteiger partial charge in [0.25, 0.3) is 0 Å². The molecule has 0 saturated heterocycles. The standard InChI is InChI=1S/C23H25FN4O/c1-22(2)17(20-26-18-9-4-5-10-19(18)27-20)11-12-23(22,3)21(29)28-25-14-15-7-6-8-16(24)13-15/h4-10,13-14,17H,11-12H2,1-3H3,(H,26,27)(H,28,29)/t17-,23-/m0/s1. The van der Waals surface area contributed by atoms with E-state index in [-0.39, 0.29) is 23.1 Å². The molecule has 1 aliphatic rings. The largest absolute Gasteiger partial charge is 0.342 e. The SMILES string of the molecule is CC1(C)[C@H](c2nc3ccccc3[nH]2)CC[C@@]1(C)C(=O)NN=Cc1cccc(F)c1. The fourth-order valence-corrected chi connectivity index (χ4v) is 4.40. The van der Waals surface area contributed by atoms with Crippen molar-refractivity contribution in [3.63, 3.8) is 0 Å². The van der Waals surface area contributed by atoms with Crippen LogP contribution in [0.4, 0.5) is 4.39 Å². The maximum Gasteiger partial charge on any atom is 0.246 e. The van der Waals surface area contributed by atoms with Gasteiger partial charge in [0.15, 0.2) is 0 Å². The van der Waals surface area contributed by atoms with Gasteiger partial charge in [-0.3, -0.25) is 4.79 Å². The molecule has 4 rings (SSSR count). The summed E-state index contributed by atoms with van der Waals surface area (Å²) in [5, 5.41) is 4.06. The number of amides is 1. The van der Waals surface area contributed by atoms with Gasteiger partial charge in [-0.1, -0.05) is 45.0 Å². The average molecular weight is 392 g/mol. The summed E-state index contributed by atoms with van der Waals surface area (Å²) >= 11 is 0. The zero-order valence-corrected chi connectivity index (χ0v) is 16.9. The van der Waals surface area contributed by atoms with Gasteiger partial charge in [-0.2, -0.15) is 5.10 Å². The molecule has 1 amide bonds. The van der Waals surface area contributed by atoms with Crippen molar-refractivity contribution in [2.45, 2.75) is 39.5 Å². The molecule has 5 nitrogen and oxygen atoms in total. The summed E-state index contributed by atoms with van der Waals surface area (Å²) in [6.45, 7) is 6.23. The minimum atomic E-state index is -0.601. The van der Waals surface area contributed by atoms with Crippen LogP contribution in [-0.2, 0) is 4.79 Å². The molecule has 0 aliphatic heterocycles. The second kappa shape index (κ2) is 7.10. The lowest BCUT2D eigenvalue weighted by molar-refractivity contribution is -0.135. The number of nitrogens with one attached hydrogen (secondary N) is 2. The highest BCUT2D eigenvalue weighted by Gasteiger charge is 2.57. The molecule has 2 aromatic carbocycles. The number of nitrogens with zero attached hydrogens (tertiary/aromatic N) is 2. The predicted octanol–water partition coefficient (Wildman–Crippen LogP) is 4.76. The van der Waals surface area contributed by atoms with Crippen molar-refractivity contribution in [1.82, 2.24) is 15.4 Å². The van der Waals surface area contributed by atoms with E-state index in [4.69, 9.17) is 4.98 Å². The number of H-pyrrole nitrogens is 1. The number of imidazole rings is 1. The maximum atomic E-state index is 13.3. The number of fused-ring (bicyclic) bond motifs is 1. The topological polar surface area (TPSA) is 70.1 Å². The molecular weight excluding hydrogens is 367 g/mol. The first-order valence-corrected chi connectivity index (χ1v) is 9.85. The van der Waals surface area contributed by atoms with Gasteiger partial charge in [-0.05, 0) is 48.1 Å². The minimum Gasteiger partial charge on any atom is -0.342 e. The molecule has 1 aromatic heterocycles. The summed E-state index contributed by atoms with van der Waals surface area (Å²) in [5.74, 6) is 0.598. The second-order valence-corrected chi connectivity index (χ2v) is 8.54. The van der Waals surface area contributed by atoms with Crippen LogP contribution < -0.4 is 5.43 Å². The van der Waals surface area contributed by atoms with Crippen molar-refractivity contribution in [3.8, 4) is 0 Å². The van der Waals surface area contributed by atoms with Crippen LogP contribution in [0.5, 0.6) is 0 Å². The van der Waals surface area contributed by atoms with Crippen LogP contribution in [0, 0.1) is 16.6 Å². The quantitative estimate of drug-likeness (QED) is 0.496. The molecular formula is C23H25FN4O. The number of aromatic amines is 1. The first kappa shape index (κ1) is 19.3. The number of halogens is 1. The number of para-hydroxylation sites is 2. The third-order valence-electron chi connectivity index (χ3n) is 6.69. The van der Waals surface area contributed by atoms with Gasteiger partial charge in [0, 0.05) is 5.92 Å². The molecule has 6 heteroatoms. The summed E-state index contributed by atoms with van der Waals surface area (Å²) in [7, 11) is 0. The molecule has 0 unspecified atom stereocenters. The van der Waals surface area contributed by atoms with Crippen molar-refractivity contribution in [1.29, 1.82) is 0 Å². The van der Waals surface area contributed by atoms with Gasteiger partial charge < -0.3 is 4.98 Å². The minimum absolute atomic E-state index is 0.131. The molecule has 3 aromatic rings. The maximum absolute atomic E-state index is 13.3. The van der Waals surface area contributed by atoms with E-state index in [1.165, 1.54) is 18.3 Å². The van der Waals surface area contributed by atoms with Crippen LogP contribution in [0.1, 0.15) is 50.9 Å². The molecule has 150 valence electrons. The van der Waals surface area contributed by atoms with E-state index in [9.17, 15) is 9.18 Å². The van der Waals surface area contributed by atoms with E-state index in [1.54, 1.807) is 12.1 Å². The molecule has 2 atom stereocenters. The highest BCUT2D eigenvalue weighted by Crippen LogP contribution is 2.59.